The standard InChI is InChI=1S/C69H116O6/c1-4-7-10-13-16-19-22-25-28-30-31-32-33-34-35-36-37-39-41-44-47-50-53-56-59-62-68(71)74-65-66(64-73-67(70)61-58-55-52-49-46-43-40-27-24-21-18-15-12-9-6-3)75-69(72)63-60-57-54-51-48-45-42-38-29-26-23-20-17-14-11-8-5-2/h8-9,11-12,17-18,20-21,26-27,29,40,42,45-46,49,51,54,66H,4-7,10,13-16,19,22-25,28,30-39,41,43-44,47-48,50,52-53,55-65H2,1-3H3/b11-8-,12-9-,20-17-,21-18-,29-26-,40-27-,45-42-,49-46-,54-51-. The van der Waals surface area contributed by atoms with Crippen LogP contribution in [0.4, 0.5) is 0 Å². The largest absolute Gasteiger partial charge is 0.462 e. The van der Waals surface area contributed by atoms with Gasteiger partial charge in [-0.2, -0.15) is 0 Å². The topological polar surface area (TPSA) is 78.9 Å². The van der Waals surface area contributed by atoms with Crippen LogP contribution in [0.1, 0.15) is 290 Å². The van der Waals surface area contributed by atoms with Crippen molar-refractivity contribution in [2.24, 2.45) is 0 Å². The molecule has 0 aliphatic carbocycles. The van der Waals surface area contributed by atoms with Crippen LogP contribution in [0, 0.1) is 0 Å². The molecule has 1 unspecified atom stereocenters. The highest BCUT2D eigenvalue weighted by atomic mass is 16.6. The highest BCUT2D eigenvalue weighted by molar-refractivity contribution is 5.71. The van der Waals surface area contributed by atoms with E-state index in [4.69, 9.17) is 14.2 Å². The molecule has 0 aromatic carbocycles. The summed E-state index contributed by atoms with van der Waals surface area (Å²) in [6.07, 6.45) is 85.5. The third-order valence-corrected chi connectivity index (χ3v) is 13.3. The van der Waals surface area contributed by atoms with Gasteiger partial charge in [0, 0.05) is 19.3 Å². The summed E-state index contributed by atoms with van der Waals surface area (Å²) >= 11 is 0. The second-order valence-electron chi connectivity index (χ2n) is 20.6. The number of ether oxygens (including phenoxy) is 3. The van der Waals surface area contributed by atoms with E-state index in [1.165, 1.54) is 141 Å². The average molecular weight is 1040 g/mol. The van der Waals surface area contributed by atoms with E-state index in [9.17, 15) is 14.4 Å². The minimum atomic E-state index is -0.826. The summed E-state index contributed by atoms with van der Waals surface area (Å²) < 4.78 is 16.8. The minimum absolute atomic E-state index is 0.113. The number of hydrogen-bond donors (Lipinski definition) is 0. The zero-order valence-corrected chi connectivity index (χ0v) is 49.0. The lowest BCUT2D eigenvalue weighted by molar-refractivity contribution is -0.167. The van der Waals surface area contributed by atoms with Crippen molar-refractivity contribution in [2.45, 2.75) is 297 Å². The molecule has 0 N–H and O–H groups in total. The summed E-state index contributed by atoms with van der Waals surface area (Å²) in [6, 6.07) is 0. The summed E-state index contributed by atoms with van der Waals surface area (Å²) in [7, 11) is 0. The van der Waals surface area contributed by atoms with Gasteiger partial charge >= 0.3 is 17.9 Å². The van der Waals surface area contributed by atoms with E-state index in [1.807, 2.05) is 0 Å². The molecule has 0 saturated carbocycles. The van der Waals surface area contributed by atoms with Crippen LogP contribution in [-0.4, -0.2) is 37.2 Å². The normalized spacial score (nSPS) is 12.8. The Morgan fingerprint density at radius 1 is 0.280 bits per heavy atom. The van der Waals surface area contributed by atoms with E-state index in [1.54, 1.807) is 0 Å². The molecule has 0 amide bonds. The molecule has 6 nitrogen and oxygen atoms in total. The van der Waals surface area contributed by atoms with E-state index in [0.29, 0.717) is 25.7 Å². The van der Waals surface area contributed by atoms with Crippen LogP contribution >= 0.6 is 0 Å². The van der Waals surface area contributed by atoms with E-state index in [-0.39, 0.29) is 37.5 Å². The van der Waals surface area contributed by atoms with Crippen molar-refractivity contribution >= 4 is 17.9 Å². The molecule has 6 heteroatoms. The number of esters is 3. The van der Waals surface area contributed by atoms with E-state index >= 15 is 0 Å². The third kappa shape index (κ3) is 60.8. The second kappa shape index (κ2) is 62.6. The van der Waals surface area contributed by atoms with Crippen molar-refractivity contribution in [3.8, 4) is 0 Å². The van der Waals surface area contributed by atoms with Crippen molar-refractivity contribution in [3.63, 3.8) is 0 Å². The number of unbranched alkanes of at least 4 members (excludes halogenated alkanes) is 27. The average Bonchev–Trinajstić information content (AvgIpc) is 3.41. The molecule has 0 saturated heterocycles. The van der Waals surface area contributed by atoms with Gasteiger partial charge in [-0.05, 0) is 96.3 Å². The number of allylic oxidation sites excluding steroid dienone is 18. The SMILES string of the molecule is CC/C=C\C/C=C\C/C=C\C/C=C\C/C=C\CCCC(=O)OC(COC(=O)CCCC/C=C\C/C=C\C/C=C\C/C=C\CC)COC(=O)CCCCCCCCCCCCCCCCCCCCCCCCCCC. The van der Waals surface area contributed by atoms with Gasteiger partial charge in [0.15, 0.2) is 6.10 Å². The Hall–Kier alpha value is -3.93. The van der Waals surface area contributed by atoms with Gasteiger partial charge in [-0.1, -0.05) is 284 Å². The molecule has 0 fully saturated rings. The molecular weight excluding hydrogens is 925 g/mol. The smallest absolute Gasteiger partial charge is 0.306 e. The Bertz CT molecular complexity index is 1520. The first-order valence-corrected chi connectivity index (χ1v) is 31.4. The zero-order valence-electron chi connectivity index (χ0n) is 49.0. The lowest BCUT2D eigenvalue weighted by atomic mass is 10.0. The molecule has 0 heterocycles. The van der Waals surface area contributed by atoms with Crippen molar-refractivity contribution in [1.29, 1.82) is 0 Å². The lowest BCUT2D eigenvalue weighted by Gasteiger charge is -2.18. The Kier molecular flexibility index (Phi) is 59.3. The van der Waals surface area contributed by atoms with Crippen LogP contribution in [-0.2, 0) is 28.6 Å². The number of hydrogen-bond acceptors (Lipinski definition) is 6. The molecule has 0 aromatic heterocycles. The highest BCUT2D eigenvalue weighted by Crippen LogP contribution is 2.17. The van der Waals surface area contributed by atoms with Gasteiger partial charge in [0.1, 0.15) is 13.2 Å². The Morgan fingerprint density at radius 2 is 0.533 bits per heavy atom. The van der Waals surface area contributed by atoms with E-state index < -0.39 is 6.10 Å². The fourth-order valence-electron chi connectivity index (χ4n) is 8.65. The molecule has 0 aliphatic rings. The minimum Gasteiger partial charge on any atom is -0.462 e. The van der Waals surface area contributed by atoms with Crippen molar-refractivity contribution in [2.75, 3.05) is 13.2 Å². The van der Waals surface area contributed by atoms with Gasteiger partial charge < -0.3 is 14.2 Å². The quantitative estimate of drug-likeness (QED) is 0.0261. The fourth-order valence-corrected chi connectivity index (χ4v) is 8.65. The van der Waals surface area contributed by atoms with Gasteiger partial charge in [0.25, 0.3) is 0 Å². The predicted molar refractivity (Wildman–Crippen MR) is 325 cm³/mol. The van der Waals surface area contributed by atoms with Crippen LogP contribution in [0.3, 0.4) is 0 Å². The van der Waals surface area contributed by atoms with Crippen LogP contribution in [0.15, 0.2) is 109 Å². The van der Waals surface area contributed by atoms with Gasteiger partial charge in [-0.25, -0.2) is 0 Å². The summed E-state index contributed by atoms with van der Waals surface area (Å²) in [6.45, 7) is 6.35. The first-order chi connectivity index (χ1) is 37.0. The molecular formula is C69H116O6. The molecule has 0 radical (unpaired) electrons. The third-order valence-electron chi connectivity index (χ3n) is 13.3. The molecule has 0 aromatic rings. The van der Waals surface area contributed by atoms with Gasteiger partial charge in [0.2, 0.25) is 0 Å². The van der Waals surface area contributed by atoms with Crippen LogP contribution in [0.5, 0.6) is 0 Å². The molecule has 0 spiro atoms. The van der Waals surface area contributed by atoms with Crippen molar-refractivity contribution < 1.29 is 28.6 Å². The molecule has 428 valence electrons. The second-order valence-corrected chi connectivity index (χ2v) is 20.6. The summed E-state index contributed by atoms with van der Waals surface area (Å²) in [5.41, 5.74) is 0. The fraction of sp³-hybridized carbons (Fsp3) is 0.696. The summed E-state index contributed by atoms with van der Waals surface area (Å²) in [5, 5.41) is 0. The Labute approximate surface area is 463 Å². The van der Waals surface area contributed by atoms with Crippen molar-refractivity contribution in [3.05, 3.63) is 109 Å². The van der Waals surface area contributed by atoms with E-state index in [2.05, 4.69) is 130 Å². The number of rotatable bonds is 56. The predicted octanol–water partition coefficient (Wildman–Crippen LogP) is 21.4. The highest BCUT2D eigenvalue weighted by Gasteiger charge is 2.19. The molecule has 0 aliphatic heterocycles. The molecule has 0 bridgehead atoms. The maximum Gasteiger partial charge on any atom is 0.306 e. The van der Waals surface area contributed by atoms with E-state index in [0.717, 1.165) is 96.3 Å². The van der Waals surface area contributed by atoms with Crippen LogP contribution < -0.4 is 0 Å². The molecule has 0 rings (SSSR count). The Balaban J connectivity index is 4.39. The zero-order chi connectivity index (χ0) is 54.3. The number of carbonyl (C=O) groups is 3. The van der Waals surface area contributed by atoms with Gasteiger partial charge in [-0.3, -0.25) is 14.4 Å². The van der Waals surface area contributed by atoms with Crippen LogP contribution in [0.2, 0.25) is 0 Å². The first kappa shape index (κ1) is 71.1. The lowest BCUT2D eigenvalue weighted by Crippen LogP contribution is -2.30. The summed E-state index contributed by atoms with van der Waals surface area (Å²) in [5.74, 6) is -1.01. The van der Waals surface area contributed by atoms with Gasteiger partial charge in [0.05, 0.1) is 0 Å². The number of carbonyl (C=O) groups excluding carboxylic acids is 3. The van der Waals surface area contributed by atoms with Crippen LogP contribution in [0.25, 0.3) is 0 Å². The monoisotopic (exact) mass is 1040 g/mol. The first-order valence-electron chi connectivity index (χ1n) is 31.4. The molecule has 1 atom stereocenters. The maximum absolute atomic E-state index is 12.9. The maximum atomic E-state index is 12.9. The van der Waals surface area contributed by atoms with Crippen molar-refractivity contribution in [1.82, 2.24) is 0 Å². The Morgan fingerprint density at radius 3 is 0.853 bits per heavy atom. The summed E-state index contributed by atoms with van der Waals surface area (Å²) in [4.78, 5) is 38.2. The molecule has 75 heavy (non-hydrogen) atoms. The van der Waals surface area contributed by atoms with Gasteiger partial charge in [-0.15, -0.1) is 0 Å².